The normalized spacial score (nSPS) is 11.2. The van der Waals surface area contributed by atoms with Gasteiger partial charge < -0.3 is 0 Å². The summed E-state index contributed by atoms with van der Waals surface area (Å²) in [6, 6.07) is 66.8. The minimum atomic E-state index is 0.631. The van der Waals surface area contributed by atoms with E-state index >= 15 is 0 Å². The first kappa shape index (κ1) is 36.4. The van der Waals surface area contributed by atoms with Crippen LogP contribution in [0.2, 0.25) is 0 Å². The highest BCUT2D eigenvalue weighted by Crippen LogP contribution is 2.34. The quantitative estimate of drug-likeness (QED) is 0.153. The summed E-state index contributed by atoms with van der Waals surface area (Å²) in [4.78, 5) is 29.9. The maximum atomic E-state index is 5.03. The van der Waals surface area contributed by atoms with Crippen LogP contribution in [-0.4, -0.2) is 29.9 Å². The van der Waals surface area contributed by atoms with Crippen LogP contribution in [0.25, 0.3) is 101 Å². The first-order valence-corrected chi connectivity index (χ1v) is 20.0. The third-order valence-electron chi connectivity index (χ3n) is 10.9. The van der Waals surface area contributed by atoms with Crippen molar-refractivity contribution in [1.82, 2.24) is 29.9 Å². The van der Waals surface area contributed by atoms with Gasteiger partial charge in [-0.25, -0.2) is 29.9 Å². The zero-order chi connectivity index (χ0) is 40.4. The van der Waals surface area contributed by atoms with Gasteiger partial charge in [0.2, 0.25) is 0 Å². The largest absolute Gasteiger partial charge is 0.208 e. The fourth-order valence-corrected chi connectivity index (χ4v) is 7.61. The average Bonchev–Trinajstić information content (AvgIpc) is 3.32. The molecule has 0 saturated heterocycles. The number of aromatic nitrogens is 6. The Morgan fingerprint density at radius 2 is 0.567 bits per heavy atom. The fraction of sp³-hybridized carbons (Fsp3) is 0.0370. The van der Waals surface area contributed by atoms with E-state index in [0.29, 0.717) is 34.9 Å². The Hall–Kier alpha value is -7.96. The summed E-state index contributed by atoms with van der Waals surface area (Å²) in [7, 11) is 0. The summed E-state index contributed by atoms with van der Waals surface area (Å²) in [6.07, 6.45) is 0. The smallest absolute Gasteiger partial charge is 0.164 e. The van der Waals surface area contributed by atoms with Crippen LogP contribution >= 0.6 is 0 Å². The molecule has 0 bridgehead atoms. The number of benzene rings is 8. The summed E-state index contributed by atoms with van der Waals surface area (Å²) < 4.78 is 0. The molecule has 10 aromatic rings. The van der Waals surface area contributed by atoms with E-state index in [-0.39, 0.29) is 0 Å². The molecule has 0 aliphatic heterocycles. The molecule has 0 radical (unpaired) electrons. The lowest BCUT2D eigenvalue weighted by Crippen LogP contribution is -2.01. The van der Waals surface area contributed by atoms with Crippen molar-refractivity contribution < 1.29 is 0 Å². The molecule has 10 rings (SSSR count). The van der Waals surface area contributed by atoms with Crippen LogP contribution in [0.1, 0.15) is 11.1 Å². The molecule has 0 spiro atoms. The highest BCUT2D eigenvalue weighted by atomic mass is 15.0. The first-order valence-electron chi connectivity index (χ1n) is 20.0. The standard InChI is InChI=1S/C54H38N6/c1-35-15-9-11-25-47(35)53-57-49(38-17-5-3-6-18-38)55-51(59-53)44-23-13-21-40(31-44)42-29-27-37-28-30-43(34-46(37)33-42)41-22-14-24-45(32-41)52-56-50(39-19-7-4-8-20-39)58-54(60-52)48-26-12-10-16-36(48)2/h3-34H,1-2H3. The molecule has 6 nitrogen and oxygen atoms in total. The van der Waals surface area contributed by atoms with E-state index < -0.39 is 0 Å². The highest BCUT2D eigenvalue weighted by Gasteiger charge is 2.16. The monoisotopic (exact) mass is 770 g/mol. The molecule has 6 heteroatoms. The zero-order valence-electron chi connectivity index (χ0n) is 33.2. The fourth-order valence-electron chi connectivity index (χ4n) is 7.61. The highest BCUT2D eigenvalue weighted by molar-refractivity contribution is 5.91. The predicted octanol–water partition coefficient (Wildman–Crippen LogP) is 13.2. The number of fused-ring (bicyclic) bond motifs is 1. The van der Waals surface area contributed by atoms with Crippen LogP contribution in [-0.2, 0) is 0 Å². The van der Waals surface area contributed by atoms with Crippen molar-refractivity contribution >= 4 is 10.8 Å². The van der Waals surface area contributed by atoms with E-state index in [0.717, 1.165) is 77.5 Å². The van der Waals surface area contributed by atoms with E-state index in [9.17, 15) is 0 Å². The zero-order valence-corrected chi connectivity index (χ0v) is 33.2. The Morgan fingerprint density at radius 3 is 1.00 bits per heavy atom. The van der Waals surface area contributed by atoms with Crippen LogP contribution in [0.15, 0.2) is 194 Å². The molecule has 0 aliphatic rings. The summed E-state index contributed by atoms with van der Waals surface area (Å²) in [5.41, 5.74) is 12.3. The van der Waals surface area contributed by atoms with Gasteiger partial charge in [0.1, 0.15) is 0 Å². The molecular weight excluding hydrogens is 733 g/mol. The van der Waals surface area contributed by atoms with Crippen LogP contribution < -0.4 is 0 Å². The molecule has 0 saturated carbocycles. The Kier molecular flexibility index (Phi) is 9.56. The van der Waals surface area contributed by atoms with E-state index in [1.807, 2.05) is 84.9 Å². The van der Waals surface area contributed by atoms with Crippen molar-refractivity contribution in [1.29, 1.82) is 0 Å². The Balaban J connectivity index is 1.01. The Bertz CT molecular complexity index is 2970. The maximum absolute atomic E-state index is 5.03. The lowest BCUT2D eigenvalue weighted by Gasteiger charge is -2.12. The molecule has 0 unspecified atom stereocenters. The van der Waals surface area contributed by atoms with E-state index in [1.54, 1.807) is 0 Å². The van der Waals surface area contributed by atoms with E-state index in [2.05, 4.69) is 123 Å². The van der Waals surface area contributed by atoms with Gasteiger partial charge in [-0.15, -0.1) is 0 Å². The molecule has 0 amide bonds. The average molecular weight is 771 g/mol. The molecule has 0 fully saturated rings. The lowest BCUT2D eigenvalue weighted by atomic mass is 9.96. The number of hydrogen-bond donors (Lipinski definition) is 0. The summed E-state index contributed by atoms with van der Waals surface area (Å²) in [5.74, 6) is 3.86. The van der Waals surface area contributed by atoms with Gasteiger partial charge in [0, 0.05) is 33.4 Å². The van der Waals surface area contributed by atoms with Crippen molar-refractivity contribution in [2.75, 3.05) is 0 Å². The van der Waals surface area contributed by atoms with Gasteiger partial charge in [-0.2, -0.15) is 0 Å². The van der Waals surface area contributed by atoms with Crippen LogP contribution in [0.3, 0.4) is 0 Å². The summed E-state index contributed by atoms with van der Waals surface area (Å²) >= 11 is 0. The van der Waals surface area contributed by atoms with Crippen molar-refractivity contribution in [2.24, 2.45) is 0 Å². The van der Waals surface area contributed by atoms with Gasteiger partial charge in [-0.1, -0.05) is 170 Å². The van der Waals surface area contributed by atoms with Gasteiger partial charge in [0.25, 0.3) is 0 Å². The topological polar surface area (TPSA) is 77.3 Å². The first-order chi connectivity index (χ1) is 29.5. The molecule has 284 valence electrons. The molecule has 8 aromatic carbocycles. The van der Waals surface area contributed by atoms with Gasteiger partial charge >= 0.3 is 0 Å². The molecule has 60 heavy (non-hydrogen) atoms. The van der Waals surface area contributed by atoms with Crippen LogP contribution in [0, 0.1) is 13.8 Å². The van der Waals surface area contributed by atoms with E-state index in [4.69, 9.17) is 29.9 Å². The van der Waals surface area contributed by atoms with Crippen molar-refractivity contribution in [3.8, 4) is 90.6 Å². The van der Waals surface area contributed by atoms with Gasteiger partial charge in [-0.05, 0) is 82.3 Å². The van der Waals surface area contributed by atoms with Crippen LogP contribution in [0.4, 0.5) is 0 Å². The number of aryl methyl sites for hydroxylation is 2. The summed E-state index contributed by atoms with van der Waals surface area (Å²) in [6.45, 7) is 4.17. The Labute approximate surface area is 349 Å². The maximum Gasteiger partial charge on any atom is 0.164 e. The predicted molar refractivity (Wildman–Crippen MR) is 244 cm³/mol. The van der Waals surface area contributed by atoms with Gasteiger partial charge in [0.05, 0.1) is 0 Å². The molecule has 0 atom stereocenters. The minimum absolute atomic E-state index is 0.631. The Morgan fingerprint density at radius 1 is 0.233 bits per heavy atom. The minimum Gasteiger partial charge on any atom is -0.208 e. The lowest BCUT2D eigenvalue weighted by molar-refractivity contribution is 1.07. The van der Waals surface area contributed by atoms with Crippen molar-refractivity contribution in [3.05, 3.63) is 205 Å². The third kappa shape index (κ3) is 7.34. The summed E-state index contributed by atoms with van der Waals surface area (Å²) in [5, 5.41) is 2.30. The number of hydrogen-bond acceptors (Lipinski definition) is 6. The third-order valence-corrected chi connectivity index (χ3v) is 10.9. The molecule has 2 aromatic heterocycles. The van der Waals surface area contributed by atoms with Crippen molar-refractivity contribution in [3.63, 3.8) is 0 Å². The van der Waals surface area contributed by atoms with Gasteiger partial charge in [-0.3, -0.25) is 0 Å². The van der Waals surface area contributed by atoms with E-state index in [1.165, 1.54) is 0 Å². The number of nitrogens with zero attached hydrogens (tertiary/aromatic N) is 6. The SMILES string of the molecule is Cc1ccccc1-c1nc(-c2ccccc2)nc(-c2cccc(-c3ccc4ccc(-c5cccc(-c6nc(-c7ccccc7)nc(-c7ccccc7C)n6)c5)cc4c3)c2)n1. The second-order valence-corrected chi connectivity index (χ2v) is 14.9. The molecule has 0 aliphatic carbocycles. The second-order valence-electron chi connectivity index (χ2n) is 14.9. The molecule has 0 N–H and O–H groups in total. The van der Waals surface area contributed by atoms with Crippen LogP contribution in [0.5, 0.6) is 0 Å². The second kappa shape index (κ2) is 15.8. The van der Waals surface area contributed by atoms with Crippen molar-refractivity contribution in [2.45, 2.75) is 13.8 Å². The number of rotatable bonds is 8. The molecule has 2 heterocycles. The van der Waals surface area contributed by atoms with Gasteiger partial charge in [0.15, 0.2) is 34.9 Å². The molecular formula is C54H38N6.